The Morgan fingerprint density at radius 1 is 1.27 bits per heavy atom. The van der Waals surface area contributed by atoms with Crippen LogP contribution in [0.4, 0.5) is 0 Å². The highest BCUT2D eigenvalue weighted by Crippen LogP contribution is 2.49. The largest absolute Gasteiger partial charge is 0.490 e. The third-order valence-corrected chi connectivity index (χ3v) is 6.94. The Morgan fingerprint density at radius 2 is 2.08 bits per heavy atom. The fourth-order valence-electron chi connectivity index (χ4n) is 5.11. The van der Waals surface area contributed by atoms with Gasteiger partial charge in [0, 0.05) is 24.1 Å². The van der Waals surface area contributed by atoms with Crippen molar-refractivity contribution in [2.75, 3.05) is 13.2 Å². The van der Waals surface area contributed by atoms with Crippen LogP contribution in [0, 0.1) is 17.2 Å². The first kappa shape index (κ1) is 24.9. The predicted molar refractivity (Wildman–Crippen MR) is 129 cm³/mol. The highest BCUT2D eigenvalue weighted by atomic mass is 32.3. The zero-order valence-corrected chi connectivity index (χ0v) is 20.9. The molecule has 11 nitrogen and oxygen atoms in total. The van der Waals surface area contributed by atoms with E-state index in [1.807, 2.05) is 32.0 Å². The number of nitrogens with zero attached hydrogens (tertiary/aromatic N) is 4. The fraction of sp³-hybridized carbons (Fsp3) is 0.360. The number of fused-ring (bicyclic) bond motifs is 3. The van der Waals surface area contributed by atoms with Gasteiger partial charge < -0.3 is 14.2 Å². The second-order valence-electron chi connectivity index (χ2n) is 9.24. The SMILES string of the molecule is CC(C)Oc1ccc(-c2nc(-c3cccc4c3CC3CC(=O)N(CCOS(=O)(=O)O)C43)no2)cc1C#N. The van der Waals surface area contributed by atoms with Gasteiger partial charge in [0.2, 0.25) is 11.7 Å². The molecule has 2 unspecified atom stereocenters. The Balaban J connectivity index is 1.42. The van der Waals surface area contributed by atoms with E-state index in [9.17, 15) is 18.5 Å². The second-order valence-corrected chi connectivity index (χ2v) is 10.3. The molecule has 2 atom stereocenters. The molecule has 192 valence electrons. The Kier molecular flexibility index (Phi) is 6.45. The van der Waals surface area contributed by atoms with E-state index in [0.717, 1.165) is 16.7 Å². The van der Waals surface area contributed by atoms with Crippen LogP contribution in [0.15, 0.2) is 40.9 Å². The van der Waals surface area contributed by atoms with Crippen LogP contribution in [0.3, 0.4) is 0 Å². The molecule has 1 amide bonds. The first-order valence-corrected chi connectivity index (χ1v) is 13.1. The van der Waals surface area contributed by atoms with E-state index in [1.165, 1.54) is 0 Å². The molecule has 1 aliphatic carbocycles. The second kappa shape index (κ2) is 9.59. The Hall–Kier alpha value is -3.79. The molecule has 2 aliphatic rings. The van der Waals surface area contributed by atoms with Crippen LogP contribution >= 0.6 is 0 Å². The molecule has 0 spiro atoms. The van der Waals surface area contributed by atoms with Gasteiger partial charge in [-0.2, -0.15) is 18.7 Å². The lowest BCUT2D eigenvalue weighted by atomic mass is 10.0. The molecule has 0 radical (unpaired) electrons. The van der Waals surface area contributed by atoms with Gasteiger partial charge >= 0.3 is 10.4 Å². The third-order valence-electron chi connectivity index (χ3n) is 6.48. The molecular formula is C25H24N4O7S. The van der Waals surface area contributed by atoms with Gasteiger partial charge in [0.15, 0.2) is 0 Å². The summed E-state index contributed by atoms with van der Waals surface area (Å²) in [6.45, 7) is 3.47. The number of aromatic nitrogens is 2. The van der Waals surface area contributed by atoms with Crippen molar-refractivity contribution in [3.05, 3.63) is 53.1 Å². The minimum atomic E-state index is -4.58. The number of nitriles is 1. The maximum atomic E-state index is 12.6. The summed E-state index contributed by atoms with van der Waals surface area (Å²) in [5.74, 6) is 1.06. The van der Waals surface area contributed by atoms with Gasteiger partial charge in [0.05, 0.1) is 24.3 Å². The first-order chi connectivity index (χ1) is 17.6. The van der Waals surface area contributed by atoms with Crippen LogP contribution in [0.1, 0.15) is 43.0 Å². The average molecular weight is 525 g/mol. The lowest BCUT2D eigenvalue weighted by molar-refractivity contribution is -0.129. The monoisotopic (exact) mass is 524 g/mol. The molecule has 2 heterocycles. The fourth-order valence-corrected chi connectivity index (χ4v) is 5.40. The van der Waals surface area contributed by atoms with Crippen LogP contribution < -0.4 is 4.74 Å². The van der Waals surface area contributed by atoms with Gasteiger partial charge in [0.1, 0.15) is 11.8 Å². The van der Waals surface area contributed by atoms with Crippen molar-refractivity contribution in [2.24, 2.45) is 5.92 Å². The van der Waals surface area contributed by atoms with E-state index in [4.69, 9.17) is 13.8 Å². The number of benzene rings is 2. The first-order valence-electron chi connectivity index (χ1n) is 11.7. The number of amides is 1. The van der Waals surface area contributed by atoms with E-state index >= 15 is 0 Å². The van der Waals surface area contributed by atoms with Crippen molar-refractivity contribution in [2.45, 2.75) is 38.8 Å². The van der Waals surface area contributed by atoms with Crippen molar-refractivity contribution >= 4 is 16.3 Å². The lowest BCUT2D eigenvalue weighted by Crippen LogP contribution is -2.32. The van der Waals surface area contributed by atoms with E-state index in [-0.39, 0.29) is 43.0 Å². The zero-order valence-electron chi connectivity index (χ0n) is 20.1. The molecule has 1 aromatic heterocycles. The average Bonchev–Trinajstić information content (AvgIpc) is 3.53. The van der Waals surface area contributed by atoms with Crippen LogP contribution in [0.25, 0.3) is 22.8 Å². The van der Waals surface area contributed by atoms with E-state index < -0.39 is 10.4 Å². The maximum Gasteiger partial charge on any atom is 0.397 e. The summed E-state index contributed by atoms with van der Waals surface area (Å²) >= 11 is 0. The molecule has 1 saturated heterocycles. The minimum absolute atomic E-state index is 0.0208. The third kappa shape index (κ3) is 4.93. The van der Waals surface area contributed by atoms with Crippen molar-refractivity contribution in [3.63, 3.8) is 0 Å². The molecule has 5 rings (SSSR count). The minimum Gasteiger partial charge on any atom is -0.490 e. The van der Waals surface area contributed by atoms with Gasteiger partial charge in [-0.1, -0.05) is 23.4 Å². The lowest BCUT2D eigenvalue weighted by Gasteiger charge is -2.25. The summed E-state index contributed by atoms with van der Waals surface area (Å²) in [5, 5.41) is 13.7. The molecule has 0 bridgehead atoms. The Bertz CT molecular complexity index is 1510. The number of rotatable bonds is 8. The van der Waals surface area contributed by atoms with E-state index in [0.29, 0.717) is 35.5 Å². The number of carbonyl (C=O) groups excluding carboxylic acids is 1. The van der Waals surface area contributed by atoms with Gasteiger partial charge in [-0.3, -0.25) is 9.35 Å². The quantitative estimate of drug-likeness (QED) is 0.434. The van der Waals surface area contributed by atoms with Crippen molar-refractivity contribution in [1.82, 2.24) is 15.0 Å². The molecule has 12 heteroatoms. The summed E-state index contributed by atoms with van der Waals surface area (Å²) in [6.07, 6.45) is 0.875. The highest BCUT2D eigenvalue weighted by Gasteiger charge is 2.46. The van der Waals surface area contributed by atoms with Gasteiger partial charge in [-0.15, -0.1) is 0 Å². The summed E-state index contributed by atoms with van der Waals surface area (Å²) in [6, 6.07) is 12.7. The van der Waals surface area contributed by atoms with Crippen LogP contribution in [-0.2, 0) is 25.8 Å². The van der Waals surface area contributed by atoms with Crippen molar-refractivity contribution in [3.8, 4) is 34.7 Å². The normalized spacial score (nSPS) is 18.7. The van der Waals surface area contributed by atoms with Gasteiger partial charge in [0.25, 0.3) is 5.89 Å². The van der Waals surface area contributed by atoms with Gasteiger partial charge in [-0.05, 0) is 55.5 Å². The van der Waals surface area contributed by atoms with E-state index in [2.05, 4.69) is 20.4 Å². The van der Waals surface area contributed by atoms with Crippen LogP contribution in [0.5, 0.6) is 5.75 Å². The Morgan fingerprint density at radius 3 is 2.81 bits per heavy atom. The predicted octanol–water partition coefficient (Wildman–Crippen LogP) is 3.33. The summed E-state index contributed by atoms with van der Waals surface area (Å²) in [5.41, 5.74) is 3.67. The molecule has 3 aromatic rings. The molecule has 1 N–H and O–H groups in total. The molecule has 1 aliphatic heterocycles. The number of hydrogen-bond donors (Lipinski definition) is 1. The van der Waals surface area contributed by atoms with Crippen LogP contribution in [0.2, 0.25) is 0 Å². The van der Waals surface area contributed by atoms with Crippen molar-refractivity contribution in [1.29, 1.82) is 5.26 Å². The molecule has 0 saturated carbocycles. The number of carbonyl (C=O) groups is 1. The highest BCUT2D eigenvalue weighted by molar-refractivity contribution is 7.80. The topological polar surface area (TPSA) is 156 Å². The molecular weight excluding hydrogens is 500 g/mol. The van der Waals surface area contributed by atoms with Gasteiger partial charge in [-0.25, -0.2) is 4.18 Å². The molecule has 2 aromatic carbocycles. The summed E-state index contributed by atoms with van der Waals surface area (Å²) in [4.78, 5) is 18.8. The Labute approximate surface area is 213 Å². The van der Waals surface area contributed by atoms with Crippen LogP contribution in [-0.4, -0.2) is 53.2 Å². The van der Waals surface area contributed by atoms with Crippen molar-refractivity contribution < 1.29 is 31.2 Å². The number of hydrogen-bond acceptors (Lipinski definition) is 9. The molecule has 1 fully saturated rings. The summed E-state index contributed by atoms with van der Waals surface area (Å²) in [7, 11) is -4.58. The zero-order chi connectivity index (χ0) is 26.3. The maximum absolute atomic E-state index is 12.6. The standard InChI is InChI=1S/C25H24N4O7S/c1-14(2)35-21-7-6-15(10-17(21)13-26)25-27-24(28-36-25)19-5-3-4-18-20(19)11-16-12-22(30)29(23(16)18)8-9-34-37(31,32)33/h3-7,10,14,16,23H,8-9,11-12H2,1-2H3,(H,31,32,33). The van der Waals surface area contributed by atoms with E-state index in [1.54, 1.807) is 23.1 Å². The number of likely N-dealkylation sites (tertiary alicyclic amines) is 1. The number of ether oxygens (including phenoxy) is 1. The molecule has 37 heavy (non-hydrogen) atoms. The summed E-state index contributed by atoms with van der Waals surface area (Å²) < 4.78 is 46.3. The smallest absolute Gasteiger partial charge is 0.397 e.